The first-order valence-corrected chi connectivity index (χ1v) is 5.98. The highest BCUT2D eigenvalue weighted by Crippen LogP contribution is 2.20. The standard InChI is InChI=1S/C13H23N3/c1-5-11(3)16(4)13-12(9-10(2)14)7-6-8-15-13/h6-8,10-11H,5,9,14H2,1-4H3. The summed E-state index contributed by atoms with van der Waals surface area (Å²) in [6.07, 6.45) is 3.84. The minimum Gasteiger partial charge on any atom is -0.357 e. The van der Waals surface area contributed by atoms with Crippen molar-refractivity contribution in [2.24, 2.45) is 5.73 Å². The molecule has 1 aromatic heterocycles. The highest BCUT2D eigenvalue weighted by Gasteiger charge is 2.13. The highest BCUT2D eigenvalue weighted by atomic mass is 15.2. The molecule has 3 heteroatoms. The average Bonchev–Trinajstić information content (AvgIpc) is 2.27. The van der Waals surface area contributed by atoms with Gasteiger partial charge in [0, 0.05) is 25.3 Å². The van der Waals surface area contributed by atoms with E-state index in [9.17, 15) is 0 Å². The first kappa shape index (κ1) is 13.0. The van der Waals surface area contributed by atoms with Gasteiger partial charge in [-0.3, -0.25) is 0 Å². The van der Waals surface area contributed by atoms with Gasteiger partial charge in [-0.15, -0.1) is 0 Å². The van der Waals surface area contributed by atoms with Gasteiger partial charge in [0.15, 0.2) is 0 Å². The Bertz CT molecular complexity index is 323. The minimum atomic E-state index is 0.174. The Balaban J connectivity index is 2.93. The van der Waals surface area contributed by atoms with E-state index < -0.39 is 0 Å². The van der Waals surface area contributed by atoms with Crippen LogP contribution >= 0.6 is 0 Å². The van der Waals surface area contributed by atoms with Crippen LogP contribution in [0.25, 0.3) is 0 Å². The molecular weight excluding hydrogens is 198 g/mol. The summed E-state index contributed by atoms with van der Waals surface area (Å²) in [5.74, 6) is 1.06. The number of hydrogen-bond donors (Lipinski definition) is 1. The lowest BCUT2D eigenvalue weighted by Gasteiger charge is -2.27. The van der Waals surface area contributed by atoms with Crippen LogP contribution in [0.2, 0.25) is 0 Å². The van der Waals surface area contributed by atoms with Crippen LogP contribution < -0.4 is 10.6 Å². The van der Waals surface area contributed by atoms with E-state index in [1.54, 1.807) is 0 Å². The molecule has 2 atom stereocenters. The molecule has 3 nitrogen and oxygen atoms in total. The highest BCUT2D eigenvalue weighted by molar-refractivity contribution is 5.47. The molecule has 0 fully saturated rings. The van der Waals surface area contributed by atoms with E-state index in [0.29, 0.717) is 6.04 Å². The molecule has 0 saturated carbocycles. The molecule has 0 amide bonds. The summed E-state index contributed by atoms with van der Waals surface area (Å²) in [4.78, 5) is 6.70. The van der Waals surface area contributed by atoms with Gasteiger partial charge in [-0.05, 0) is 38.3 Å². The summed E-state index contributed by atoms with van der Waals surface area (Å²) in [5.41, 5.74) is 7.09. The van der Waals surface area contributed by atoms with Gasteiger partial charge < -0.3 is 10.6 Å². The molecule has 1 aromatic rings. The van der Waals surface area contributed by atoms with Gasteiger partial charge in [0.05, 0.1) is 0 Å². The Labute approximate surface area is 98.7 Å². The number of nitrogens with two attached hydrogens (primary N) is 1. The fourth-order valence-corrected chi connectivity index (χ4v) is 1.74. The molecule has 2 unspecified atom stereocenters. The molecule has 2 N–H and O–H groups in total. The van der Waals surface area contributed by atoms with Gasteiger partial charge in [0.1, 0.15) is 5.82 Å². The Kier molecular flexibility index (Phi) is 4.74. The van der Waals surface area contributed by atoms with Crippen molar-refractivity contribution in [2.45, 2.75) is 45.7 Å². The third-order valence-corrected chi connectivity index (χ3v) is 3.00. The lowest BCUT2D eigenvalue weighted by atomic mass is 10.1. The summed E-state index contributed by atoms with van der Waals surface area (Å²) in [6, 6.07) is 4.77. The number of hydrogen-bond acceptors (Lipinski definition) is 3. The van der Waals surface area contributed by atoms with Crippen LogP contribution in [0.1, 0.15) is 32.8 Å². The average molecular weight is 221 g/mol. The van der Waals surface area contributed by atoms with Gasteiger partial charge in [-0.1, -0.05) is 13.0 Å². The second kappa shape index (κ2) is 5.85. The summed E-state index contributed by atoms with van der Waals surface area (Å²) < 4.78 is 0. The molecular formula is C13H23N3. The molecule has 0 saturated heterocycles. The normalized spacial score (nSPS) is 14.6. The van der Waals surface area contributed by atoms with E-state index in [-0.39, 0.29) is 6.04 Å². The fraction of sp³-hybridized carbons (Fsp3) is 0.615. The Hall–Kier alpha value is -1.09. The SMILES string of the molecule is CCC(C)N(C)c1ncccc1CC(C)N. The van der Waals surface area contributed by atoms with Crippen molar-refractivity contribution in [1.29, 1.82) is 0 Å². The van der Waals surface area contributed by atoms with Gasteiger partial charge >= 0.3 is 0 Å². The summed E-state index contributed by atoms with van der Waals surface area (Å²) in [6.45, 7) is 6.43. The Morgan fingerprint density at radius 1 is 1.44 bits per heavy atom. The van der Waals surface area contributed by atoms with Crippen molar-refractivity contribution in [2.75, 3.05) is 11.9 Å². The summed E-state index contributed by atoms with van der Waals surface area (Å²) >= 11 is 0. The van der Waals surface area contributed by atoms with E-state index in [0.717, 1.165) is 18.7 Å². The quantitative estimate of drug-likeness (QED) is 0.829. The van der Waals surface area contributed by atoms with Crippen LogP contribution in [0, 0.1) is 0 Å². The van der Waals surface area contributed by atoms with Gasteiger partial charge in [-0.25, -0.2) is 4.98 Å². The molecule has 1 rings (SSSR count). The molecule has 90 valence electrons. The second-order valence-electron chi connectivity index (χ2n) is 4.54. The predicted molar refractivity (Wildman–Crippen MR) is 69.7 cm³/mol. The van der Waals surface area contributed by atoms with E-state index in [2.05, 4.69) is 36.8 Å². The molecule has 0 aromatic carbocycles. The molecule has 16 heavy (non-hydrogen) atoms. The van der Waals surface area contributed by atoms with Crippen molar-refractivity contribution in [3.63, 3.8) is 0 Å². The zero-order valence-electron chi connectivity index (χ0n) is 10.8. The second-order valence-corrected chi connectivity index (χ2v) is 4.54. The van der Waals surface area contributed by atoms with E-state index in [1.165, 1.54) is 5.56 Å². The van der Waals surface area contributed by atoms with Crippen molar-refractivity contribution < 1.29 is 0 Å². The van der Waals surface area contributed by atoms with Crippen molar-refractivity contribution in [3.05, 3.63) is 23.9 Å². The van der Waals surface area contributed by atoms with E-state index in [1.807, 2.05) is 19.2 Å². The molecule has 0 spiro atoms. The van der Waals surface area contributed by atoms with E-state index in [4.69, 9.17) is 5.73 Å². The molecule has 0 aliphatic heterocycles. The number of aromatic nitrogens is 1. The van der Waals surface area contributed by atoms with Crippen LogP contribution in [-0.4, -0.2) is 24.1 Å². The number of pyridine rings is 1. The van der Waals surface area contributed by atoms with Crippen LogP contribution in [-0.2, 0) is 6.42 Å². The molecule has 0 radical (unpaired) electrons. The van der Waals surface area contributed by atoms with Crippen molar-refractivity contribution in [3.8, 4) is 0 Å². The molecule has 0 aliphatic carbocycles. The first-order valence-electron chi connectivity index (χ1n) is 5.98. The van der Waals surface area contributed by atoms with E-state index >= 15 is 0 Å². The van der Waals surface area contributed by atoms with Crippen molar-refractivity contribution in [1.82, 2.24) is 4.98 Å². The van der Waals surface area contributed by atoms with Gasteiger partial charge in [0.2, 0.25) is 0 Å². The maximum absolute atomic E-state index is 5.86. The Morgan fingerprint density at radius 2 is 2.12 bits per heavy atom. The number of rotatable bonds is 5. The maximum Gasteiger partial charge on any atom is 0.131 e. The zero-order valence-corrected chi connectivity index (χ0v) is 10.8. The third kappa shape index (κ3) is 3.20. The van der Waals surface area contributed by atoms with Crippen LogP contribution in [0.4, 0.5) is 5.82 Å². The molecule has 0 bridgehead atoms. The largest absolute Gasteiger partial charge is 0.357 e. The lowest BCUT2D eigenvalue weighted by Crippen LogP contribution is -2.30. The minimum absolute atomic E-state index is 0.174. The number of nitrogens with zero attached hydrogens (tertiary/aromatic N) is 2. The fourth-order valence-electron chi connectivity index (χ4n) is 1.74. The van der Waals surface area contributed by atoms with Crippen LogP contribution in [0.15, 0.2) is 18.3 Å². The van der Waals surface area contributed by atoms with Gasteiger partial charge in [-0.2, -0.15) is 0 Å². The summed E-state index contributed by atoms with van der Waals surface area (Å²) in [7, 11) is 2.10. The van der Waals surface area contributed by atoms with Gasteiger partial charge in [0.25, 0.3) is 0 Å². The maximum atomic E-state index is 5.86. The summed E-state index contributed by atoms with van der Waals surface area (Å²) in [5, 5.41) is 0. The third-order valence-electron chi connectivity index (χ3n) is 3.00. The molecule has 1 heterocycles. The Morgan fingerprint density at radius 3 is 2.69 bits per heavy atom. The van der Waals surface area contributed by atoms with Crippen molar-refractivity contribution >= 4 is 5.82 Å². The smallest absolute Gasteiger partial charge is 0.131 e. The monoisotopic (exact) mass is 221 g/mol. The van der Waals surface area contributed by atoms with Crippen LogP contribution in [0.3, 0.4) is 0 Å². The number of anilines is 1. The first-order chi connectivity index (χ1) is 7.56. The van der Waals surface area contributed by atoms with Crippen LogP contribution in [0.5, 0.6) is 0 Å². The zero-order chi connectivity index (χ0) is 12.1. The topological polar surface area (TPSA) is 42.2 Å². The molecule has 0 aliphatic rings. The predicted octanol–water partition coefficient (Wildman–Crippen LogP) is 2.21. The lowest BCUT2D eigenvalue weighted by molar-refractivity contribution is 0.648.